The van der Waals surface area contributed by atoms with Crippen LogP contribution in [0.1, 0.15) is 161 Å². The Bertz CT molecular complexity index is 830. The summed E-state index contributed by atoms with van der Waals surface area (Å²) in [7, 11) is 0. The Balaban J connectivity index is 0.000000567. The molecule has 1 aromatic rings. The van der Waals surface area contributed by atoms with Gasteiger partial charge in [-0.15, -0.1) is 12.6 Å². The Morgan fingerprint density at radius 1 is 0.868 bits per heavy atom. The van der Waals surface area contributed by atoms with Crippen molar-refractivity contribution in [1.29, 1.82) is 0 Å². The fraction of sp³-hybridized carbons (Fsp3) is 0.667. The molecule has 1 aliphatic rings. The lowest BCUT2D eigenvalue weighted by atomic mass is 9.92. The molecule has 1 saturated carbocycles. The van der Waals surface area contributed by atoms with Gasteiger partial charge in [-0.2, -0.15) is 0 Å². The number of benzene rings is 1. The van der Waals surface area contributed by atoms with E-state index < -0.39 is 0 Å². The van der Waals surface area contributed by atoms with Crippen LogP contribution in [-0.4, -0.2) is 0 Å². The Morgan fingerprint density at radius 2 is 1.37 bits per heavy atom. The zero-order valence-corrected chi connectivity index (χ0v) is 27.8. The van der Waals surface area contributed by atoms with Crippen LogP contribution < -0.4 is 5.73 Å². The normalized spacial score (nSPS) is 15.5. The molecule has 0 heterocycles. The van der Waals surface area contributed by atoms with E-state index in [9.17, 15) is 0 Å². The third-order valence-electron chi connectivity index (χ3n) is 7.39. The maximum Gasteiger partial charge on any atom is 0.0346 e. The smallest absolute Gasteiger partial charge is 0.0346 e. The Morgan fingerprint density at radius 3 is 1.71 bits per heavy atom. The summed E-state index contributed by atoms with van der Waals surface area (Å²) < 4.78 is 0. The Hall–Kier alpha value is -1.41. The topological polar surface area (TPSA) is 26.0 Å². The minimum Gasteiger partial charge on any atom is -0.399 e. The van der Waals surface area contributed by atoms with Crippen LogP contribution in [0.2, 0.25) is 0 Å². The van der Waals surface area contributed by atoms with Crippen molar-refractivity contribution < 1.29 is 0 Å². The number of thiol groups is 1. The molecule has 0 bridgehead atoms. The quantitative estimate of drug-likeness (QED) is 0.248. The molecular weight excluding hydrogens is 478 g/mol. The summed E-state index contributed by atoms with van der Waals surface area (Å²) in [6.07, 6.45) is 21.8. The average molecular weight is 542 g/mol. The average Bonchev–Trinajstić information content (AvgIpc) is 2.83. The second-order valence-corrected chi connectivity index (χ2v) is 12.3. The molecule has 1 aliphatic carbocycles. The maximum absolute atomic E-state index is 6.16. The molecule has 0 radical (unpaired) electrons. The molecule has 0 unspecified atom stereocenters. The first kappa shape index (κ1) is 36.6. The van der Waals surface area contributed by atoms with E-state index in [1.807, 2.05) is 0 Å². The van der Waals surface area contributed by atoms with E-state index in [1.54, 1.807) is 0 Å². The van der Waals surface area contributed by atoms with Crippen molar-refractivity contribution in [2.45, 2.75) is 157 Å². The fourth-order valence-corrected chi connectivity index (χ4v) is 5.10. The minimum atomic E-state index is 0.535. The Kier molecular flexibility index (Phi) is 20.6. The molecule has 0 aromatic heterocycles. The molecule has 1 fully saturated rings. The molecule has 0 spiro atoms. The number of nitrogens with two attached hydrogens (primary N) is 1. The van der Waals surface area contributed by atoms with Crippen molar-refractivity contribution in [1.82, 2.24) is 0 Å². The molecule has 1 aromatic carbocycles. The number of hydrogen-bond donors (Lipinski definition) is 2. The van der Waals surface area contributed by atoms with Crippen molar-refractivity contribution in [3.05, 3.63) is 63.9 Å². The molecule has 2 N–H and O–H groups in total. The van der Waals surface area contributed by atoms with Gasteiger partial charge < -0.3 is 5.73 Å². The van der Waals surface area contributed by atoms with Crippen molar-refractivity contribution >= 4 is 12.6 Å². The lowest BCUT2D eigenvalue weighted by molar-refractivity contribution is 0.504. The molecule has 2 heteroatoms. The Labute approximate surface area is 244 Å². The van der Waals surface area contributed by atoms with Crippen molar-refractivity contribution in [3.8, 4) is 0 Å². The van der Waals surface area contributed by atoms with Gasteiger partial charge in [0.05, 0.1) is 0 Å². The number of rotatable bonds is 8. The third-order valence-corrected chi connectivity index (χ3v) is 7.86. The summed E-state index contributed by atoms with van der Waals surface area (Å²) in [6, 6.07) is 4.51. The zero-order chi connectivity index (χ0) is 29.1. The predicted molar refractivity (Wildman–Crippen MR) is 178 cm³/mol. The number of allylic oxidation sites excluding steroid dienone is 5. The zero-order valence-electron chi connectivity index (χ0n) is 26.9. The first-order valence-corrected chi connectivity index (χ1v) is 16.1. The first-order valence-electron chi connectivity index (χ1n) is 15.7. The molecule has 38 heavy (non-hydrogen) atoms. The van der Waals surface area contributed by atoms with Crippen molar-refractivity contribution in [2.24, 2.45) is 11.7 Å². The van der Waals surface area contributed by atoms with Crippen LogP contribution in [0.25, 0.3) is 0 Å². The predicted octanol–water partition coefficient (Wildman–Crippen LogP) is 12.2. The second kappa shape index (κ2) is 21.4. The molecule has 2 rings (SSSR count). The SMILES string of the molecule is C1CCCCCCC1.C\C=C(/C=C(N)\C(=C\CC)CCC)C(C)C.Cc1c(S)cc(C(C)C)cc1C(C)C. The van der Waals surface area contributed by atoms with Crippen LogP contribution in [0.4, 0.5) is 0 Å². The molecule has 0 aliphatic heterocycles. The van der Waals surface area contributed by atoms with Gasteiger partial charge >= 0.3 is 0 Å². The summed E-state index contributed by atoms with van der Waals surface area (Å²) >= 11 is 4.53. The van der Waals surface area contributed by atoms with Crippen LogP contribution in [0, 0.1) is 12.8 Å². The maximum atomic E-state index is 6.16. The van der Waals surface area contributed by atoms with E-state index >= 15 is 0 Å². The van der Waals surface area contributed by atoms with Gasteiger partial charge in [0.1, 0.15) is 0 Å². The van der Waals surface area contributed by atoms with Crippen molar-refractivity contribution in [2.75, 3.05) is 0 Å². The fourth-order valence-electron chi connectivity index (χ4n) is 4.83. The molecule has 0 amide bonds. The van der Waals surface area contributed by atoms with E-state index in [0.29, 0.717) is 17.8 Å². The highest BCUT2D eigenvalue weighted by molar-refractivity contribution is 7.80. The van der Waals surface area contributed by atoms with Crippen molar-refractivity contribution in [3.63, 3.8) is 0 Å². The van der Waals surface area contributed by atoms with E-state index in [4.69, 9.17) is 5.73 Å². The van der Waals surface area contributed by atoms with Gasteiger partial charge in [0, 0.05) is 10.6 Å². The number of hydrogen-bond acceptors (Lipinski definition) is 2. The van der Waals surface area contributed by atoms with Crippen LogP contribution in [0.5, 0.6) is 0 Å². The lowest BCUT2D eigenvalue weighted by Crippen LogP contribution is -2.04. The van der Waals surface area contributed by atoms with Crippen LogP contribution in [-0.2, 0) is 0 Å². The summed E-state index contributed by atoms with van der Waals surface area (Å²) in [5.74, 6) is 1.70. The molecular formula is C36H63NS. The highest BCUT2D eigenvalue weighted by Crippen LogP contribution is 2.29. The van der Waals surface area contributed by atoms with Gasteiger partial charge in [0.2, 0.25) is 0 Å². The highest BCUT2D eigenvalue weighted by Gasteiger charge is 2.10. The van der Waals surface area contributed by atoms with E-state index in [-0.39, 0.29) is 0 Å². The third kappa shape index (κ3) is 15.2. The van der Waals surface area contributed by atoms with E-state index in [2.05, 4.69) is 112 Å². The largest absolute Gasteiger partial charge is 0.399 e. The summed E-state index contributed by atoms with van der Waals surface area (Å²) in [6.45, 7) is 21.9. The van der Waals surface area contributed by atoms with Gasteiger partial charge in [-0.1, -0.05) is 131 Å². The summed E-state index contributed by atoms with van der Waals surface area (Å²) in [4.78, 5) is 1.12. The molecule has 0 atom stereocenters. The molecule has 218 valence electrons. The van der Waals surface area contributed by atoms with Crippen LogP contribution >= 0.6 is 12.6 Å². The summed E-state index contributed by atoms with van der Waals surface area (Å²) in [5.41, 5.74) is 13.9. The monoisotopic (exact) mass is 541 g/mol. The highest BCUT2D eigenvalue weighted by atomic mass is 32.1. The molecule has 1 nitrogen and oxygen atoms in total. The molecule has 0 saturated heterocycles. The minimum absolute atomic E-state index is 0.535. The van der Waals surface area contributed by atoms with Gasteiger partial charge in [0.25, 0.3) is 0 Å². The second-order valence-electron chi connectivity index (χ2n) is 11.8. The van der Waals surface area contributed by atoms with Gasteiger partial charge in [0.15, 0.2) is 0 Å². The summed E-state index contributed by atoms with van der Waals surface area (Å²) in [5, 5.41) is 0. The van der Waals surface area contributed by atoms with E-state index in [0.717, 1.165) is 29.9 Å². The van der Waals surface area contributed by atoms with Crippen LogP contribution in [0.15, 0.2) is 52.1 Å². The van der Waals surface area contributed by atoms with Gasteiger partial charge in [-0.3, -0.25) is 0 Å². The standard InChI is InChI=1S/C15H27N.C13H20S.C8H16/c1-6-9-14(10-7-2)15(16)11-13(8-3)12(4)5;1-8(2)11-6-12(9(3)4)10(5)13(14)7-11;1-2-4-6-8-7-5-3-1/h8-9,11-12H,6-7,10,16H2,1-5H3;6-9,14H,1-5H3;1-8H2/b13-8+,14-9+,15-11+;;. The first-order chi connectivity index (χ1) is 18.0. The van der Waals surface area contributed by atoms with Gasteiger partial charge in [-0.25, -0.2) is 0 Å². The lowest BCUT2D eigenvalue weighted by Gasteiger charge is -2.16. The van der Waals surface area contributed by atoms with Gasteiger partial charge in [-0.05, 0) is 84.4 Å². The van der Waals surface area contributed by atoms with Crippen LogP contribution in [0.3, 0.4) is 0 Å². The van der Waals surface area contributed by atoms with E-state index in [1.165, 1.54) is 79.2 Å².